The highest BCUT2D eigenvalue weighted by Gasteiger charge is 2.33. The third-order valence-electron chi connectivity index (χ3n) is 5.26. The molecule has 1 fully saturated rings. The predicted molar refractivity (Wildman–Crippen MR) is 119 cm³/mol. The van der Waals surface area contributed by atoms with Crippen LogP contribution in [0.4, 0.5) is 4.79 Å². The minimum Gasteiger partial charge on any atom is -0.481 e. The van der Waals surface area contributed by atoms with E-state index in [-0.39, 0.29) is 37.3 Å². The quantitative estimate of drug-likeness (QED) is 0.537. The maximum absolute atomic E-state index is 12.4. The summed E-state index contributed by atoms with van der Waals surface area (Å²) in [4.78, 5) is 49.4. The molecule has 1 unspecified atom stereocenters. The summed E-state index contributed by atoms with van der Waals surface area (Å²) < 4.78 is 10.5. The molecule has 0 aromatic heterocycles. The van der Waals surface area contributed by atoms with Crippen LogP contribution in [0.5, 0.6) is 0 Å². The Balaban J connectivity index is 2.51. The maximum atomic E-state index is 12.4. The molecule has 9 nitrogen and oxygen atoms in total. The number of esters is 1. The summed E-state index contributed by atoms with van der Waals surface area (Å²) in [5, 5.41) is 12.6. The number of carboxylic acid groups (broad SMARTS) is 1. The van der Waals surface area contributed by atoms with Crippen LogP contribution >= 0.6 is 0 Å². The molecule has 0 aromatic rings. The van der Waals surface area contributed by atoms with Gasteiger partial charge in [0.15, 0.2) is 0 Å². The fourth-order valence-corrected chi connectivity index (χ4v) is 3.83. The van der Waals surface area contributed by atoms with Crippen LogP contribution in [0.2, 0.25) is 0 Å². The Bertz CT molecular complexity index is 671. The number of ether oxygens (including phenoxy) is 2. The predicted octanol–water partition coefficient (Wildman–Crippen LogP) is 3.35. The molecule has 1 rings (SSSR count). The van der Waals surface area contributed by atoms with Crippen molar-refractivity contribution in [2.45, 2.75) is 97.3 Å². The van der Waals surface area contributed by atoms with Gasteiger partial charge >= 0.3 is 18.0 Å². The third kappa shape index (κ3) is 10.8. The van der Waals surface area contributed by atoms with Gasteiger partial charge in [-0.05, 0) is 79.6 Å². The van der Waals surface area contributed by atoms with Crippen molar-refractivity contribution in [2.24, 2.45) is 11.8 Å². The molecule has 9 heteroatoms. The Morgan fingerprint density at radius 3 is 1.97 bits per heavy atom. The lowest BCUT2D eigenvalue weighted by Gasteiger charge is -2.33. The van der Waals surface area contributed by atoms with Crippen LogP contribution in [0, 0.1) is 11.8 Å². The molecule has 1 aliphatic rings. The molecule has 2 amide bonds. The van der Waals surface area contributed by atoms with Crippen molar-refractivity contribution >= 4 is 23.9 Å². The highest BCUT2D eigenvalue weighted by molar-refractivity contribution is 5.82. The summed E-state index contributed by atoms with van der Waals surface area (Å²) in [5.74, 6) is -2.41. The van der Waals surface area contributed by atoms with Gasteiger partial charge in [-0.25, -0.2) is 4.79 Å². The van der Waals surface area contributed by atoms with Gasteiger partial charge in [0.1, 0.15) is 17.7 Å². The van der Waals surface area contributed by atoms with E-state index in [0.29, 0.717) is 25.7 Å². The average Bonchev–Trinajstić information content (AvgIpc) is 2.59. The van der Waals surface area contributed by atoms with Gasteiger partial charge in [-0.2, -0.15) is 0 Å². The van der Waals surface area contributed by atoms with Crippen LogP contribution in [-0.2, 0) is 23.9 Å². The molecule has 1 atom stereocenters. The molecular formula is C23H40N2O7. The molecule has 184 valence electrons. The Morgan fingerprint density at radius 1 is 0.969 bits per heavy atom. The minimum atomic E-state index is -0.920. The van der Waals surface area contributed by atoms with Crippen molar-refractivity contribution in [1.82, 2.24) is 10.2 Å². The first-order chi connectivity index (χ1) is 14.6. The number of carbonyl (C=O) groups excluding carboxylic acids is 3. The number of hydrogen-bond donors (Lipinski definition) is 2. The average molecular weight is 457 g/mol. The van der Waals surface area contributed by atoms with Crippen LogP contribution in [0.25, 0.3) is 0 Å². The van der Waals surface area contributed by atoms with Gasteiger partial charge in [-0.15, -0.1) is 0 Å². The standard InChI is InChI=1S/C23H40N2O7/c1-22(2,3)31-19(27)14-25(7)18(26)13-12-17(20(28)29)15-8-10-16(11-9-15)24-21(30)32-23(4,5)6/h15-17H,8-14H2,1-7H3,(H,24,30)(H,28,29). The third-order valence-corrected chi connectivity index (χ3v) is 5.26. The van der Waals surface area contributed by atoms with Gasteiger partial charge < -0.3 is 24.8 Å². The normalized spacial score (nSPS) is 20.1. The zero-order valence-electron chi connectivity index (χ0n) is 20.5. The van der Waals surface area contributed by atoms with Crippen LogP contribution in [0.1, 0.15) is 80.1 Å². The highest BCUT2D eigenvalue weighted by atomic mass is 16.6. The molecule has 0 heterocycles. The van der Waals surface area contributed by atoms with E-state index in [1.807, 2.05) is 0 Å². The van der Waals surface area contributed by atoms with E-state index in [9.17, 15) is 24.3 Å². The Hall–Kier alpha value is -2.32. The molecule has 0 spiro atoms. The van der Waals surface area contributed by atoms with Gasteiger partial charge in [-0.3, -0.25) is 14.4 Å². The van der Waals surface area contributed by atoms with Crippen molar-refractivity contribution < 1.29 is 33.8 Å². The molecule has 1 aliphatic carbocycles. The molecule has 1 saturated carbocycles. The first-order valence-corrected chi connectivity index (χ1v) is 11.3. The number of amides is 2. The monoisotopic (exact) mass is 456 g/mol. The van der Waals surface area contributed by atoms with E-state index in [1.54, 1.807) is 41.5 Å². The van der Waals surface area contributed by atoms with Crippen LogP contribution in [0.15, 0.2) is 0 Å². The molecule has 32 heavy (non-hydrogen) atoms. The minimum absolute atomic E-state index is 0.0443. The lowest BCUT2D eigenvalue weighted by atomic mass is 9.76. The van der Waals surface area contributed by atoms with Gasteiger partial charge in [0, 0.05) is 19.5 Å². The van der Waals surface area contributed by atoms with Crippen molar-refractivity contribution in [3.63, 3.8) is 0 Å². The Morgan fingerprint density at radius 2 is 1.50 bits per heavy atom. The number of aliphatic carboxylic acids is 1. The molecule has 2 N–H and O–H groups in total. The second-order valence-corrected chi connectivity index (χ2v) is 10.6. The van der Waals surface area contributed by atoms with E-state index in [4.69, 9.17) is 9.47 Å². The van der Waals surface area contributed by atoms with E-state index in [2.05, 4.69) is 5.32 Å². The number of rotatable bonds is 8. The number of nitrogens with one attached hydrogen (secondary N) is 1. The summed E-state index contributed by atoms with van der Waals surface area (Å²) in [5.41, 5.74) is -1.20. The van der Waals surface area contributed by atoms with Crippen molar-refractivity contribution in [3.05, 3.63) is 0 Å². The van der Waals surface area contributed by atoms with Gasteiger partial charge in [0.05, 0.1) is 5.92 Å². The molecule has 0 aliphatic heterocycles. The van der Waals surface area contributed by atoms with Crippen LogP contribution in [0.3, 0.4) is 0 Å². The topological polar surface area (TPSA) is 122 Å². The van der Waals surface area contributed by atoms with E-state index >= 15 is 0 Å². The smallest absolute Gasteiger partial charge is 0.407 e. The first kappa shape index (κ1) is 27.7. The summed E-state index contributed by atoms with van der Waals surface area (Å²) in [6.45, 7) is 10.5. The lowest BCUT2D eigenvalue weighted by Crippen LogP contribution is -2.42. The number of hydrogen-bond acceptors (Lipinski definition) is 6. The van der Waals surface area contributed by atoms with Gasteiger partial charge in [0.25, 0.3) is 0 Å². The lowest BCUT2D eigenvalue weighted by molar-refractivity contribution is -0.158. The number of alkyl carbamates (subject to hydrolysis) is 1. The van der Waals surface area contributed by atoms with Crippen molar-refractivity contribution in [1.29, 1.82) is 0 Å². The zero-order chi connectivity index (χ0) is 24.7. The van der Waals surface area contributed by atoms with Crippen molar-refractivity contribution in [2.75, 3.05) is 13.6 Å². The van der Waals surface area contributed by atoms with E-state index < -0.39 is 35.2 Å². The molecular weight excluding hydrogens is 416 g/mol. The summed E-state index contributed by atoms with van der Waals surface area (Å²) in [6, 6.07) is -0.0443. The molecule has 0 radical (unpaired) electrons. The fraction of sp³-hybridized carbons (Fsp3) is 0.826. The second-order valence-electron chi connectivity index (χ2n) is 10.6. The molecule has 0 aromatic carbocycles. The highest BCUT2D eigenvalue weighted by Crippen LogP contribution is 2.33. The number of nitrogens with zero attached hydrogens (tertiary/aromatic N) is 1. The summed E-state index contributed by atoms with van der Waals surface area (Å²) >= 11 is 0. The maximum Gasteiger partial charge on any atom is 0.407 e. The molecule has 0 saturated heterocycles. The number of carbonyl (C=O) groups is 4. The summed E-state index contributed by atoms with van der Waals surface area (Å²) in [6.07, 6.45) is 2.43. The SMILES string of the molecule is CN(CC(=O)OC(C)(C)C)C(=O)CCC(C(=O)O)C1CCC(NC(=O)OC(C)(C)C)CC1. The molecule has 0 bridgehead atoms. The van der Waals surface area contributed by atoms with E-state index in [1.165, 1.54) is 11.9 Å². The first-order valence-electron chi connectivity index (χ1n) is 11.3. The number of likely N-dealkylation sites (N-methyl/N-ethyl adjacent to an activating group) is 1. The van der Waals surface area contributed by atoms with Crippen LogP contribution < -0.4 is 5.32 Å². The zero-order valence-corrected chi connectivity index (χ0v) is 20.5. The van der Waals surface area contributed by atoms with Gasteiger partial charge in [-0.1, -0.05) is 0 Å². The summed E-state index contributed by atoms with van der Waals surface area (Å²) in [7, 11) is 1.51. The van der Waals surface area contributed by atoms with Gasteiger partial charge in [0.2, 0.25) is 5.91 Å². The Kier molecular flexibility index (Phi) is 9.97. The van der Waals surface area contributed by atoms with E-state index in [0.717, 1.165) is 0 Å². The number of carboxylic acids is 1. The fourth-order valence-electron chi connectivity index (χ4n) is 3.83. The largest absolute Gasteiger partial charge is 0.481 e. The van der Waals surface area contributed by atoms with Crippen molar-refractivity contribution in [3.8, 4) is 0 Å². The van der Waals surface area contributed by atoms with Crippen LogP contribution in [-0.4, -0.2) is 64.8 Å². The second kappa shape index (κ2) is 11.5. The Labute approximate surface area is 191 Å².